The van der Waals surface area contributed by atoms with Crippen LogP contribution in [0.3, 0.4) is 0 Å². The first kappa shape index (κ1) is 12.4. The molecule has 0 saturated carbocycles. The molecule has 1 rings (SSSR count). The average molecular weight is 228 g/mol. The molecule has 0 spiro atoms. The highest BCUT2D eigenvalue weighted by Crippen LogP contribution is 2.24. The smallest absolute Gasteiger partial charge is 0.394 e. The van der Waals surface area contributed by atoms with Crippen LogP contribution in [0, 0.1) is 17.0 Å². The van der Waals surface area contributed by atoms with Crippen molar-refractivity contribution in [3.8, 4) is 0 Å². The maximum atomic E-state index is 10.8. The molecule has 1 heterocycles. The number of hydrogen-bond donors (Lipinski definition) is 2. The van der Waals surface area contributed by atoms with Gasteiger partial charge in [0.2, 0.25) is 11.6 Å². The third kappa shape index (κ3) is 2.30. The fraction of sp³-hybridized carbons (Fsp3) is 0.667. The zero-order valence-corrected chi connectivity index (χ0v) is 9.60. The van der Waals surface area contributed by atoms with E-state index in [9.17, 15) is 10.1 Å². The van der Waals surface area contributed by atoms with Gasteiger partial charge in [-0.2, -0.15) is 0 Å². The van der Waals surface area contributed by atoms with E-state index in [0.29, 0.717) is 18.1 Å². The van der Waals surface area contributed by atoms with Crippen LogP contribution in [0.2, 0.25) is 0 Å². The number of nitrogens with one attached hydrogen (secondary N) is 1. The highest BCUT2D eigenvalue weighted by molar-refractivity contribution is 5.54. The summed E-state index contributed by atoms with van der Waals surface area (Å²) in [6, 6.07) is -0.200. The molecule has 1 aromatic heterocycles. The van der Waals surface area contributed by atoms with Gasteiger partial charge in [0.15, 0.2) is 0 Å². The molecule has 0 amide bonds. The van der Waals surface area contributed by atoms with Crippen LogP contribution in [0.15, 0.2) is 0 Å². The Morgan fingerprint density at radius 3 is 2.75 bits per heavy atom. The predicted octanol–water partition coefficient (Wildman–Crippen LogP) is 0.820. The molecular weight excluding hydrogens is 212 g/mol. The molecule has 0 fully saturated rings. The summed E-state index contributed by atoms with van der Waals surface area (Å²) in [5.74, 6) is 0.692. The molecule has 0 bridgehead atoms. The minimum Gasteiger partial charge on any atom is -0.394 e. The summed E-state index contributed by atoms with van der Waals surface area (Å²) in [5.41, 5.74) is 0. The van der Waals surface area contributed by atoms with Gasteiger partial charge in [-0.1, -0.05) is 6.92 Å². The predicted molar refractivity (Wildman–Crippen MR) is 59.4 cm³/mol. The van der Waals surface area contributed by atoms with E-state index in [2.05, 4.69) is 10.3 Å². The molecule has 0 aliphatic rings. The molecule has 0 aromatic carbocycles. The zero-order chi connectivity index (χ0) is 12.3. The first-order chi connectivity index (χ1) is 7.51. The molecule has 1 atom stereocenters. The lowest BCUT2D eigenvalue weighted by Crippen LogP contribution is -2.24. The molecule has 1 aromatic rings. The van der Waals surface area contributed by atoms with Crippen molar-refractivity contribution in [3.63, 3.8) is 0 Å². The Labute approximate surface area is 93.3 Å². The number of anilines is 1. The number of nitro groups is 1. The SMILES string of the molecule is CCC(CO)Nc1c([N+](=O)[O-])nc(C)n1C. The van der Waals surface area contributed by atoms with Crippen molar-refractivity contribution in [3.05, 3.63) is 15.9 Å². The minimum atomic E-state index is -0.528. The number of nitrogens with zero attached hydrogens (tertiary/aromatic N) is 3. The van der Waals surface area contributed by atoms with E-state index in [0.717, 1.165) is 0 Å². The third-order valence-corrected chi connectivity index (χ3v) is 2.53. The van der Waals surface area contributed by atoms with Gasteiger partial charge in [-0.25, -0.2) is 0 Å². The average Bonchev–Trinajstić information content (AvgIpc) is 2.53. The first-order valence-corrected chi connectivity index (χ1v) is 5.06. The second-order valence-electron chi connectivity index (χ2n) is 3.58. The molecule has 7 heteroatoms. The van der Waals surface area contributed by atoms with E-state index >= 15 is 0 Å². The number of imidazole rings is 1. The number of aryl methyl sites for hydroxylation is 1. The van der Waals surface area contributed by atoms with Gasteiger partial charge in [0.05, 0.1) is 12.6 Å². The lowest BCUT2D eigenvalue weighted by atomic mass is 10.2. The number of aromatic nitrogens is 2. The lowest BCUT2D eigenvalue weighted by molar-refractivity contribution is -0.388. The van der Waals surface area contributed by atoms with Crippen molar-refractivity contribution < 1.29 is 10.0 Å². The first-order valence-electron chi connectivity index (χ1n) is 5.06. The van der Waals surface area contributed by atoms with Gasteiger partial charge in [0.25, 0.3) is 0 Å². The number of aliphatic hydroxyl groups excluding tert-OH is 1. The lowest BCUT2D eigenvalue weighted by Gasteiger charge is -2.14. The Kier molecular flexibility index (Phi) is 3.83. The van der Waals surface area contributed by atoms with Gasteiger partial charge in [-0.3, -0.25) is 4.57 Å². The molecule has 0 radical (unpaired) electrons. The Morgan fingerprint density at radius 2 is 2.31 bits per heavy atom. The molecule has 2 N–H and O–H groups in total. The molecule has 0 aliphatic carbocycles. The van der Waals surface area contributed by atoms with Crippen LogP contribution < -0.4 is 5.32 Å². The fourth-order valence-electron chi connectivity index (χ4n) is 1.35. The summed E-state index contributed by atoms with van der Waals surface area (Å²) < 4.78 is 1.61. The quantitative estimate of drug-likeness (QED) is 0.574. The number of aliphatic hydroxyl groups is 1. The Balaban J connectivity index is 3.05. The summed E-state index contributed by atoms with van der Waals surface area (Å²) in [6.45, 7) is 3.51. The highest BCUT2D eigenvalue weighted by atomic mass is 16.6. The van der Waals surface area contributed by atoms with Crippen LogP contribution in [-0.4, -0.2) is 32.2 Å². The van der Waals surface area contributed by atoms with Crippen LogP contribution >= 0.6 is 0 Å². The van der Waals surface area contributed by atoms with Crippen LogP contribution in [-0.2, 0) is 7.05 Å². The summed E-state index contributed by atoms with van der Waals surface area (Å²) in [6.07, 6.45) is 0.678. The van der Waals surface area contributed by atoms with E-state index in [1.807, 2.05) is 6.92 Å². The summed E-state index contributed by atoms with van der Waals surface area (Å²) in [5, 5.41) is 22.8. The van der Waals surface area contributed by atoms with Gasteiger partial charge in [-0.15, -0.1) is 0 Å². The minimum absolute atomic E-state index is 0.0715. The van der Waals surface area contributed by atoms with Gasteiger partial charge in [0, 0.05) is 14.0 Å². The van der Waals surface area contributed by atoms with Crippen molar-refractivity contribution >= 4 is 11.6 Å². The topological polar surface area (TPSA) is 93.2 Å². The molecule has 0 aliphatic heterocycles. The Morgan fingerprint density at radius 1 is 1.69 bits per heavy atom. The number of hydrogen-bond acceptors (Lipinski definition) is 5. The second kappa shape index (κ2) is 4.93. The normalized spacial score (nSPS) is 12.5. The molecule has 16 heavy (non-hydrogen) atoms. The van der Waals surface area contributed by atoms with Gasteiger partial charge in [0.1, 0.15) is 0 Å². The van der Waals surface area contributed by atoms with Crippen LogP contribution in [0.25, 0.3) is 0 Å². The largest absolute Gasteiger partial charge is 0.406 e. The summed E-state index contributed by atoms with van der Waals surface area (Å²) in [4.78, 5) is 14.1. The van der Waals surface area contributed by atoms with Crippen molar-refractivity contribution in [1.29, 1.82) is 0 Å². The van der Waals surface area contributed by atoms with Crippen LogP contribution in [0.4, 0.5) is 11.6 Å². The van der Waals surface area contributed by atoms with Gasteiger partial charge >= 0.3 is 5.82 Å². The standard InChI is InChI=1S/C9H16N4O3/c1-4-7(5-14)11-8-9(13(15)16)10-6(2)12(8)3/h7,11,14H,4-5H2,1-3H3. The monoisotopic (exact) mass is 228 g/mol. The molecule has 90 valence electrons. The van der Waals surface area contributed by atoms with Crippen molar-refractivity contribution in [2.24, 2.45) is 7.05 Å². The maximum Gasteiger partial charge on any atom is 0.406 e. The number of rotatable bonds is 5. The van der Waals surface area contributed by atoms with Crippen molar-refractivity contribution in [1.82, 2.24) is 9.55 Å². The summed E-state index contributed by atoms with van der Waals surface area (Å²) >= 11 is 0. The van der Waals surface area contributed by atoms with E-state index in [-0.39, 0.29) is 18.5 Å². The van der Waals surface area contributed by atoms with Crippen molar-refractivity contribution in [2.75, 3.05) is 11.9 Å². The molecule has 1 unspecified atom stereocenters. The van der Waals surface area contributed by atoms with Gasteiger partial charge in [-0.05, 0) is 16.3 Å². The third-order valence-electron chi connectivity index (χ3n) is 2.53. The Bertz CT molecular complexity index is 384. The zero-order valence-electron chi connectivity index (χ0n) is 9.60. The Hall–Kier alpha value is -1.63. The van der Waals surface area contributed by atoms with Crippen LogP contribution in [0.1, 0.15) is 19.2 Å². The van der Waals surface area contributed by atoms with Crippen LogP contribution in [0.5, 0.6) is 0 Å². The van der Waals surface area contributed by atoms with Gasteiger partial charge < -0.3 is 20.5 Å². The van der Waals surface area contributed by atoms with E-state index < -0.39 is 4.92 Å². The fourth-order valence-corrected chi connectivity index (χ4v) is 1.35. The molecule has 7 nitrogen and oxygen atoms in total. The van der Waals surface area contributed by atoms with E-state index in [1.165, 1.54) is 0 Å². The molecule has 0 saturated heterocycles. The van der Waals surface area contributed by atoms with Crippen molar-refractivity contribution in [2.45, 2.75) is 26.3 Å². The maximum absolute atomic E-state index is 10.8. The molecular formula is C9H16N4O3. The highest BCUT2D eigenvalue weighted by Gasteiger charge is 2.24. The van der Waals surface area contributed by atoms with E-state index in [1.54, 1.807) is 18.5 Å². The van der Waals surface area contributed by atoms with E-state index in [4.69, 9.17) is 5.11 Å². The second-order valence-corrected chi connectivity index (χ2v) is 3.58. The summed E-state index contributed by atoms with van der Waals surface area (Å²) in [7, 11) is 1.70.